The minimum absolute atomic E-state index is 0.131. The van der Waals surface area contributed by atoms with Crippen molar-refractivity contribution < 1.29 is 9.59 Å². The highest BCUT2D eigenvalue weighted by Gasteiger charge is 2.20. The molecule has 1 aromatic heterocycles. The van der Waals surface area contributed by atoms with Crippen LogP contribution in [0.1, 0.15) is 52.0 Å². The van der Waals surface area contributed by atoms with Gasteiger partial charge in [0, 0.05) is 29.2 Å². The van der Waals surface area contributed by atoms with E-state index in [9.17, 15) is 14.4 Å². The number of aryl methyl sites for hydroxylation is 1. The summed E-state index contributed by atoms with van der Waals surface area (Å²) in [4.78, 5) is 38.0. The van der Waals surface area contributed by atoms with Crippen LogP contribution >= 0.6 is 0 Å². The standard InChI is InChI=1S/C25H25N3O3/c1-17-7-2-5-10-21(17)23(29)27-19-12-14-20(15-13-19)28-16-6-11-22(25(28)31)24(30)26-18-8-3-4-9-18/h2,5-7,10-16,18H,3-4,8-9H2,1H3,(H,26,30)(H,27,29). The number of rotatable bonds is 5. The lowest BCUT2D eigenvalue weighted by molar-refractivity contribution is 0.0935. The van der Waals surface area contributed by atoms with E-state index in [1.54, 1.807) is 48.7 Å². The highest BCUT2D eigenvalue weighted by Crippen LogP contribution is 2.18. The monoisotopic (exact) mass is 415 g/mol. The maximum atomic E-state index is 12.9. The van der Waals surface area contributed by atoms with Gasteiger partial charge in [-0.15, -0.1) is 0 Å². The van der Waals surface area contributed by atoms with Crippen LogP contribution in [0.3, 0.4) is 0 Å². The highest BCUT2D eigenvalue weighted by atomic mass is 16.2. The topological polar surface area (TPSA) is 80.2 Å². The molecule has 0 radical (unpaired) electrons. The molecule has 0 saturated heterocycles. The molecule has 6 nitrogen and oxygen atoms in total. The largest absolute Gasteiger partial charge is 0.349 e. The van der Waals surface area contributed by atoms with Crippen LogP contribution in [0, 0.1) is 6.92 Å². The number of benzene rings is 2. The summed E-state index contributed by atoms with van der Waals surface area (Å²) < 4.78 is 1.44. The fourth-order valence-electron chi connectivity index (χ4n) is 3.93. The lowest BCUT2D eigenvalue weighted by Crippen LogP contribution is -2.37. The number of amides is 2. The van der Waals surface area contributed by atoms with Crippen LogP contribution in [-0.4, -0.2) is 22.4 Å². The van der Waals surface area contributed by atoms with E-state index in [-0.39, 0.29) is 29.0 Å². The Hall–Kier alpha value is -3.67. The van der Waals surface area contributed by atoms with Crippen molar-refractivity contribution in [1.29, 1.82) is 0 Å². The second kappa shape index (κ2) is 9.00. The first-order valence-electron chi connectivity index (χ1n) is 10.5. The molecule has 6 heteroatoms. The number of anilines is 1. The molecule has 0 bridgehead atoms. The molecule has 2 amide bonds. The first kappa shape index (κ1) is 20.6. The zero-order chi connectivity index (χ0) is 21.8. The minimum atomic E-state index is -0.366. The molecular weight excluding hydrogens is 390 g/mol. The third-order valence-electron chi connectivity index (χ3n) is 5.68. The van der Waals surface area contributed by atoms with Crippen LogP contribution in [0.5, 0.6) is 0 Å². The van der Waals surface area contributed by atoms with E-state index < -0.39 is 0 Å². The molecule has 1 heterocycles. The SMILES string of the molecule is Cc1ccccc1C(=O)Nc1ccc(-n2cccc(C(=O)NC3CCCC3)c2=O)cc1. The number of hydrogen-bond acceptors (Lipinski definition) is 3. The van der Waals surface area contributed by atoms with Crippen LogP contribution in [0.4, 0.5) is 5.69 Å². The van der Waals surface area contributed by atoms with Gasteiger partial charge in [-0.3, -0.25) is 19.0 Å². The van der Waals surface area contributed by atoms with Crippen molar-refractivity contribution in [2.24, 2.45) is 0 Å². The second-order valence-electron chi connectivity index (χ2n) is 7.87. The lowest BCUT2D eigenvalue weighted by Gasteiger charge is -2.13. The molecule has 31 heavy (non-hydrogen) atoms. The molecule has 0 aliphatic heterocycles. The molecular formula is C25H25N3O3. The van der Waals surface area contributed by atoms with E-state index >= 15 is 0 Å². The van der Waals surface area contributed by atoms with Crippen molar-refractivity contribution in [2.45, 2.75) is 38.6 Å². The van der Waals surface area contributed by atoms with Crippen molar-refractivity contribution in [3.63, 3.8) is 0 Å². The van der Waals surface area contributed by atoms with Gasteiger partial charge < -0.3 is 10.6 Å². The van der Waals surface area contributed by atoms with Crippen molar-refractivity contribution in [2.75, 3.05) is 5.32 Å². The first-order chi connectivity index (χ1) is 15.0. The Labute approximate surface area is 180 Å². The summed E-state index contributed by atoms with van der Waals surface area (Å²) in [5, 5.41) is 5.84. The highest BCUT2D eigenvalue weighted by molar-refractivity contribution is 6.05. The zero-order valence-electron chi connectivity index (χ0n) is 17.4. The van der Waals surface area contributed by atoms with E-state index in [0.29, 0.717) is 16.9 Å². The van der Waals surface area contributed by atoms with Gasteiger partial charge in [-0.05, 0) is 67.8 Å². The summed E-state index contributed by atoms with van der Waals surface area (Å²) in [6, 6.07) is 17.7. The molecule has 0 atom stereocenters. The average Bonchev–Trinajstić information content (AvgIpc) is 3.28. The van der Waals surface area contributed by atoms with Crippen molar-refractivity contribution in [1.82, 2.24) is 9.88 Å². The van der Waals surface area contributed by atoms with Crippen LogP contribution in [0.15, 0.2) is 71.7 Å². The maximum absolute atomic E-state index is 12.9. The smallest absolute Gasteiger partial charge is 0.267 e. The molecule has 1 fully saturated rings. The Morgan fingerprint density at radius 2 is 1.55 bits per heavy atom. The number of pyridine rings is 1. The molecule has 158 valence electrons. The Morgan fingerprint density at radius 1 is 0.871 bits per heavy atom. The first-order valence-corrected chi connectivity index (χ1v) is 10.5. The Kier molecular flexibility index (Phi) is 5.98. The van der Waals surface area contributed by atoms with E-state index in [1.807, 2.05) is 25.1 Å². The average molecular weight is 415 g/mol. The fraction of sp³-hybridized carbons (Fsp3) is 0.240. The Bertz CT molecular complexity index is 1160. The van der Waals surface area contributed by atoms with Crippen molar-refractivity contribution in [3.8, 4) is 5.69 Å². The van der Waals surface area contributed by atoms with Crippen LogP contribution < -0.4 is 16.2 Å². The summed E-state index contributed by atoms with van der Waals surface area (Å²) >= 11 is 0. The quantitative estimate of drug-likeness (QED) is 0.659. The molecule has 1 aliphatic rings. The number of aromatic nitrogens is 1. The van der Waals surface area contributed by atoms with Gasteiger partial charge in [0.25, 0.3) is 17.4 Å². The van der Waals surface area contributed by atoms with Gasteiger partial charge in [-0.2, -0.15) is 0 Å². The van der Waals surface area contributed by atoms with Gasteiger partial charge >= 0.3 is 0 Å². The summed E-state index contributed by atoms with van der Waals surface area (Å²) in [7, 11) is 0. The van der Waals surface area contributed by atoms with Gasteiger partial charge in [-0.1, -0.05) is 31.0 Å². The van der Waals surface area contributed by atoms with Gasteiger partial charge in [0.05, 0.1) is 0 Å². The number of nitrogens with zero attached hydrogens (tertiary/aromatic N) is 1. The van der Waals surface area contributed by atoms with Crippen LogP contribution in [0.2, 0.25) is 0 Å². The molecule has 1 aliphatic carbocycles. The molecule has 1 saturated carbocycles. The number of hydrogen-bond donors (Lipinski definition) is 2. The van der Waals surface area contributed by atoms with Gasteiger partial charge in [-0.25, -0.2) is 0 Å². The summed E-state index contributed by atoms with van der Waals surface area (Å²) in [5.41, 5.74) is 2.52. The van der Waals surface area contributed by atoms with Crippen molar-refractivity contribution in [3.05, 3.63) is 93.9 Å². The summed E-state index contributed by atoms with van der Waals surface area (Å²) in [6.45, 7) is 1.89. The zero-order valence-corrected chi connectivity index (χ0v) is 17.4. The van der Waals surface area contributed by atoms with E-state index in [2.05, 4.69) is 10.6 Å². The summed E-state index contributed by atoms with van der Waals surface area (Å²) in [6.07, 6.45) is 5.77. The molecule has 2 N–H and O–H groups in total. The van der Waals surface area contributed by atoms with Crippen LogP contribution in [-0.2, 0) is 0 Å². The van der Waals surface area contributed by atoms with E-state index in [1.165, 1.54) is 4.57 Å². The summed E-state index contributed by atoms with van der Waals surface area (Å²) in [5.74, 6) is -0.512. The van der Waals surface area contributed by atoms with Gasteiger partial charge in [0.1, 0.15) is 5.56 Å². The molecule has 0 unspecified atom stereocenters. The molecule has 3 aromatic rings. The fourth-order valence-corrected chi connectivity index (χ4v) is 3.93. The Balaban J connectivity index is 1.51. The predicted octanol–water partition coefficient (Wildman–Crippen LogP) is 4.07. The maximum Gasteiger partial charge on any atom is 0.267 e. The number of carbonyl (C=O) groups excluding carboxylic acids is 2. The number of carbonyl (C=O) groups is 2. The van der Waals surface area contributed by atoms with E-state index in [0.717, 1.165) is 31.2 Å². The second-order valence-corrected chi connectivity index (χ2v) is 7.87. The van der Waals surface area contributed by atoms with E-state index in [4.69, 9.17) is 0 Å². The predicted molar refractivity (Wildman–Crippen MR) is 121 cm³/mol. The molecule has 0 spiro atoms. The van der Waals surface area contributed by atoms with Gasteiger partial charge in [0.15, 0.2) is 0 Å². The molecule has 4 rings (SSSR count). The third-order valence-corrected chi connectivity index (χ3v) is 5.68. The van der Waals surface area contributed by atoms with Crippen LogP contribution in [0.25, 0.3) is 5.69 Å². The molecule has 2 aromatic carbocycles. The third kappa shape index (κ3) is 4.58. The number of nitrogens with one attached hydrogen (secondary N) is 2. The Morgan fingerprint density at radius 3 is 2.26 bits per heavy atom. The lowest BCUT2D eigenvalue weighted by atomic mass is 10.1. The van der Waals surface area contributed by atoms with Crippen molar-refractivity contribution >= 4 is 17.5 Å². The minimum Gasteiger partial charge on any atom is -0.349 e. The van der Waals surface area contributed by atoms with Gasteiger partial charge in [0.2, 0.25) is 0 Å². The normalized spacial score (nSPS) is 13.7.